The minimum Gasteiger partial charge on any atom is -0.490 e. The van der Waals surface area contributed by atoms with Crippen LogP contribution in [0.4, 0.5) is 4.79 Å². The van der Waals surface area contributed by atoms with Gasteiger partial charge >= 0.3 is 5.97 Å². The predicted molar refractivity (Wildman–Crippen MR) is 118 cm³/mol. The first-order valence-corrected chi connectivity index (χ1v) is 10.6. The molecule has 2 aromatic carbocycles. The van der Waals surface area contributed by atoms with Crippen LogP contribution >= 0.6 is 11.8 Å². The summed E-state index contributed by atoms with van der Waals surface area (Å²) in [5, 5.41) is -0.498. The van der Waals surface area contributed by atoms with Crippen LogP contribution in [0.2, 0.25) is 0 Å². The second-order valence-electron chi connectivity index (χ2n) is 6.89. The molecule has 0 atom stereocenters. The number of carbonyl (C=O) groups is 3. The van der Waals surface area contributed by atoms with Gasteiger partial charge in [0.1, 0.15) is 31.3 Å². The van der Waals surface area contributed by atoms with Gasteiger partial charge in [-0.2, -0.15) is 0 Å². The minimum atomic E-state index is -0.619. The van der Waals surface area contributed by atoms with Crippen molar-refractivity contribution in [1.82, 2.24) is 4.90 Å². The standard InChI is InChI=1S/C23H23NO6S/c1-16(2)30-21(25)15-24-22(26)20(31-23(24)27)14-17-7-6-10-19(13-17)29-12-11-28-18-8-4-3-5-9-18/h3-10,13-14,16H,11-12,15H2,1-2H3/b20-14+. The molecule has 0 saturated carbocycles. The highest BCUT2D eigenvalue weighted by Crippen LogP contribution is 2.32. The van der Waals surface area contributed by atoms with E-state index in [9.17, 15) is 14.4 Å². The molecule has 1 fully saturated rings. The number of ether oxygens (including phenoxy) is 3. The molecule has 0 unspecified atom stereocenters. The second-order valence-corrected chi connectivity index (χ2v) is 7.88. The van der Waals surface area contributed by atoms with Crippen LogP contribution in [-0.4, -0.2) is 47.9 Å². The Morgan fingerprint density at radius 3 is 2.39 bits per heavy atom. The lowest BCUT2D eigenvalue weighted by molar-refractivity contribution is -0.149. The normalized spacial score (nSPS) is 14.9. The van der Waals surface area contributed by atoms with Gasteiger partial charge < -0.3 is 14.2 Å². The van der Waals surface area contributed by atoms with Crippen molar-refractivity contribution in [3.8, 4) is 11.5 Å². The summed E-state index contributed by atoms with van der Waals surface area (Å²) >= 11 is 0.792. The van der Waals surface area contributed by atoms with Crippen molar-refractivity contribution in [2.75, 3.05) is 19.8 Å². The van der Waals surface area contributed by atoms with E-state index in [2.05, 4.69) is 0 Å². The fourth-order valence-corrected chi connectivity index (χ4v) is 3.59. The van der Waals surface area contributed by atoms with E-state index in [1.807, 2.05) is 30.3 Å². The predicted octanol–water partition coefficient (Wildman–Crippen LogP) is 4.13. The van der Waals surface area contributed by atoms with Crippen molar-refractivity contribution in [1.29, 1.82) is 0 Å². The van der Waals surface area contributed by atoms with Crippen molar-refractivity contribution in [3.05, 3.63) is 65.1 Å². The van der Waals surface area contributed by atoms with E-state index in [0.29, 0.717) is 24.5 Å². The summed E-state index contributed by atoms with van der Waals surface area (Å²) in [6.45, 7) is 3.75. The lowest BCUT2D eigenvalue weighted by Crippen LogP contribution is -2.35. The molecule has 31 heavy (non-hydrogen) atoms. The maximum Gasteiger partial charge on any atom is 0.326 e. The van der Waals surface area contributed by atoms with Gasteiger partial charge in [0.25, 0.3) is 11.1 Å². The van der Waals surface area contributed by atoms with Crippen LogP contribution in [-0.2, 0) is 14.3 Å². The quantitative estimate of drug-likeness (QED) is 0.329. The molecule has 0 spiro atoms. The van der Waals surface area contributed by atoms with E-state index in [4.69, 9.17) is 14.2 Å². The maximum absolute atomic E-state index is 12.5. The van der Waals surface area contributed by atoms with Gasteiger partial charge in [-0.25, -0.2) is 0 Å². The summed E-state index contributed by atoms with van der Waals surface area (Å²) in [6.07, 6.45) is 1.29. The van der Waals surface area contributed by atoms with Gasteiger partial charge in [-0.3, -0.25) is 19.3 Å². The van der Waals surface area contributed by atoms with Crippen molar-refractivity contribution < 1.29 is 28.6 Å². The zero-order valence-electron chi connectivity index (χ0n) is 17.3. The Hall–Kier alpha value is -3.26. The number of hydrogen-bond acceptors (Lipinski definition) is 7. The first kappa shape index (κ1) is 22.4. The average Bonchev–Trinajstić information content (AvgIpc) is 2.99. The third-order valence-corrected chi connectivity index (χ3v) is 4.96. The number of imide groups is 1. The smallest absolute Gasteiger partial charge is 0.326 e. The Balaban J connectivity index is 1.57. The second kappa shape index (κ2) is 10.7. The van der Waals surface area contributed by atoms with E-state index < -0.39 is 23.7 Å². The van der Waals surface area contributed by atoms with Crippen molar-refractivity contribution in [2.24, 2.45) is 0 Å². The van der Waals surface area contributed by atoms with Gasteiger partial charge in [-0.15, -0.1) is 0 Å². The maximum atomic E-state index is 12.5. The molecular formula is C23H23NO6S. The molecule has 2 amide bonds. The molecule has 0 N–H and O–H groups in total. The molecule has 0 aromatic heterocycles. The molecule has 3 rings (SSSR count). The first-order chi connectivity index (χ1) is 14.9. The number of rotatable bonds is 9. The lowest BCUT2D eigenvalue weighted by atomic mass is 10.2. The monoisotopic (exact) mass is 441 g/mol. The molecule has 0 radical (unpaired) electrons. The summed E-state index contributed by atoms with van der Waals surface area (Å²) in [5.74, 6) is 0.253. The van der Waals surface area contributed by atoms with Crippen LogP contribution in [0.1, 0.15) is 19.4 Å². The SMILES string of the molecule is CC(C)OC(=O)CN1C(=O)S/C(=C/c2cccc(OCCOc3ccccc3)c2)C1=O. The van der Waals surface area contributed by atoms with Crippen molar-refractivity contribution >= 4 is 35.0 Å². The number of nitrogens with zero attached hydrogens (tertiary/aromatic N) is 1. The van der Waals surface area contributed by atoms with Gasteiger partial charge in [-0.05, 0) is 61.5 Å². The van der Waals surface area contributed by atoms with E-state index in [0.717, 1.165) is 22.4 Å². The van der Waals surface area contributed by atoms with Gasteiger partial charge in [0, 0.05) is 0 Å². The highest BCUT2D eigenvalue weighted by atomic mass is 32.2. The van der Waals surface area contributed by atoms with Crippen LogP contribution in [0.5, 0.6) is 11.5 Å². The summed E-state index contributed by atoms with van der Waals surface area (Å²) in [7, 11) is 0. The summed E-state index contributed by atoms with van der Waals surface area (Å²) in [6, 6.07) is 16.6. The number of carbonyl (C=O) groups excluding carboxylic acids is 3. The van der Waals surface area contributed by atoms with Gasteiger partial charge in [0.15, 0.2) is 0 Å². The van der Waals surface area contributed by atoms with Crippen LogP contribution in [0.15, 0.2) is 59.5 Å². The molecule has 1 heterocycles. The topological polar surface area (TPSA) is 82.1 Å². The summed E-state index contributed by atoms with van der Waals surface area (Å²) in [5.41, 5.74) is 0.705. The fourth-order valence-electron chi connectivity index (χ4n) is 2.75. The molecule has 8 heteroatoms. The molecule has 0 aliphatic carbocycles. The molecule has 1 aliphatic rings. The zero-order valence-corrected chi connectivity index (χ0v) is 18.1. The Morgan fingerprint density at radius 2 is 1.68 bits per heavy atom. The number of hydrogen-bond donors (Lipinski definition) is 0. The molecule has 2 aromatic rings. The third kappa shape index (κ3) is 6.62. The Morgan fingerprint density at radius 1 is 1.00 bits per heavy atom. The van der Waals surface area contributed by atoms with Crippen LogP contribution in [0, 0.1) is 0 Å². The summed E-state index contributed by atoms with van der Waals surface area (Å²) < 4.78 is 16.3. The lowest BCUT2D eigenvalue weighted by Gasteiger charge is -2.13. The average molecular weight is 442 g/mol. The zero-order chi connectivity index (χ0) is 22.2. The molecule has 162 valence electrons. The molecular weight excluding hydrogens is 418 g/mol. The Bertz CT molecular complexity index is 973. The number of thioether (sulfide) groups is 1. The van der Waals surface area contributed by atoms with Gasteiger partial charge in [0.2, 0.25) is 0 Å². The highest BCUT2D eigenvalue weighted by Gasteiger charge is 2.36. The molecule has 7 nitrogen and oxygen atoms in total. The molecule has 1 aliphatic heterocycles. The number of benzene rings is 2. The van der Waals surface area contributed by atoms with E-state index >= 15 is 0 Å². The van der Waals surface area contributed by atoms with Crippen LogP contribution < -0.4 is 9.47 Å². The van der Waals surface area contributed by atoms with Gasteiger partial charge in [-0.1, -0.05) is 30.3 Å². The van der Waals surface area contributed by atoms with Crippen molar-refractivity contribution in [3.63, 3.8) is 0 Å². The number of amides is 2. The Kier molecular flexibility index (Phi) is 7.72. The van der Waals surface area contributed by atoms with Crippen molar-refractivity contribution in [2.45, 2.75) is 20.0 Å². The number of esters is 1. The minimum absolute atomic E-state index is 0.243. The van der Waals surface area contributed by atoms with Crippen LogP contribution in [0.25, 0.3) is 6.08 Å². The van der Waals surface area contributed by atoms with Crippen LogP contribution in [0.3, 0.4) is 0 Å². The largest absolute Gasteiger partial charge is 0.490 e. The first-order valence-electron chi connectivity index (χ1n) is 9.78. The van der Waals surface area contributed by atoms with E-state index in [-0.39, 0.29) is 11.0 Å². The Labute approximate surface area is 185 Å². The summed E-state index contributed by atoms with van der Waals surface area (Å²) in [4.78, 5) is 37.6. The molecule has 0 bridgehead atoms. The van der Waals surface area contributed by atoms with E-state index in [1.54, 1.807) is 44.2 Å². The van der Waals surface area contributed by atoms with E-state index in [1.165, 1.54) is 0 Å². The molecule has 1 saturated heterocycles. The third-order valence-electron chi connectivity index (χ3n) is 4.05. The highest BCUT2D eigenvalue weighted by molar-refractivity contribution is 8.18. The fraction of sp³-hybridized carbons (Fsp3) is 0.261. The number of para-hydroxylation sites is 1. The van der Waals surface area contributed by atoms with Gasteiger partial charge in [0.05, 0.1) is 11.0 Å².